The zero-order valence-corrected chi connectivity index (χ0v) is 19.0. The Labute approximate surface area is 188 Å². The third-order valence-electron chi connectivity index (χ3n) is 4.52. The average Bonchev–Trinajstić information content (AvgIpc) is 2.72. The zero-order valence-electron chi connectivity index (χ0n) is 17.5. The number of hydrogen-bond donors (Lipinski definition) is 1. The fourth-order valence-electron chi connectivity index (χ4n) is 2.91. The van der Waals surface area contributed by atoms with Crippen LogP contribution in [-0.4, -0.2) is 35.9 Å². The smallest absolute Gasteiger partial charge is 0.261 e. The minimum absolute atomic E-state index is 0.175. The number of halogens is 2. The summed E-state index contributed by atoms with van der Waals surface area (Å²) < 4.78 is 5.63. The second-order valence-electron chi connectivity index (χ2n) is 7.43. The van der Waals surface area contributed by atoms with Crippen LogP contribution in [-0.2, 0) is 16.1 Å². The third kappa shape index (κ3) is 7.22. The first-order valence-electron chi connectivity index (χ1n) is 10.0. The van der Waals surface area contributed by atoms with Crippen molar-refractivity contribution in [2.24, 2.45) is 5.92 Å². The maximum absolute atomic E-state index is 13.1. The fourth-order valence-corrected chi connectivity index (χ4v) is 3.23. The molecule has 0 aliphatic heterocycles. The number of carbonyl (C=O) groups is 2. The first-order chi connectivity index (χ1) is 14.3. The van der Waals surface area contributed by atoms with Gasteiger partial charge in [-0.25, -0.2) is 0 Å². The molecule has 2 aromatic rings. The normalized spacial score (nSPS) is 11.8. The van der Waals surface area contributed by atoms with Crippen LogP contribution < -0.4 is 10.1 Å². The van der Waals surface area contributed by atoms with Gasteiger partial charge in [-0.05, 0) is 42.2 Å². The largest absolute Gasteiger partial charge is 0.482 e. The van der Waals surface area contributed by atoms with E-state index in [9.17, 15) is 9.59 Å². The summed E-state index contributed by atoms with van der Waals surface area (Å²) in [5.74, 6) is 0.273. The average molecular weight is 451 g/mol. The summed E-state index contributed by atoms with van der Waals surface area (Å²) in [5.41, 5.74) is 0.876. The van der Waals surface area contributed by atoms with Crippen LogP contribution in [0.2, 0.25) is 10.0 Å². The second kappa shape index (κ2) is 11.8. The van der Waals surface area contributed by atoms with Crippen LogP contribution in [0.15, 0.2) is 48.5 Å². The van der Waals surface area contributed by atoms with Gasteiger partial charge < -0.3 is 15.0 Å². The number of para-hydroxylation sites is 1. The second-order valence-corrected chi connectivity index (χ2v) is 8.27. The van der Waals surface area contributed by atoms with E-state index in [1.54, 1.807) is 41.3 Å². The highest BCUT2D eigenvalue weighted by atomic mass is 35.5. The van der Waals surface area contributed by atoms with E-state index in [2.05, 4.69) is 5.32 Å². The van der Waals surface area contributed by atoms with Gasteiger partial charge in [0.05, 0.1) is 5.02 Å². The minimum Gasteiger partial charge on any atom is -0.482 e. The van der Waals surface area contributed by atoms with Crippen LogP contribution in [0, 0.1) is 5.92 Å². The number of hydrogen-bond acceptors (Lipinski definition) is 3. The van der Waals surface area contributed by atoms with E-state index in [1.165, 1.54) is 0 Å². The van der Waals surface area contributed by atoms with Crippen LogP contribution in [0.3, 0.4) is 0 Å². The van der Waals surface area contributed by atoms with E-state index < -0.39 is 6.04 Å². The molecule has 0 bridgehead atoms. The zero-order chi connectivity index (χ0) is 22.1. The van der Waals surface area contributed by atoms with Gasteiger partial charge >= 0.3 is 0 Å². The Kier molecular flexibility index (Phi) is 9.47. The third-order valence-corrected chi connectivity index (χ3v) is 5.09. The first kappa shape index (κ1) is 24.0. The van der Waals surface area contributed by atoms with Crippen molar-refractivity contribution in [2.45, 2.75) is 39.8 Å². The van der Waals surface area contributed by atoms with Crippen molar-refractivity contribution in [3.05, 3.63) is 64.1 Å². The van der Waals surface area contributed by atoms with Gasteiger partial charge in [-0.15, -0.1) is 0 Å². The summed E-state index contributed by atoms with van der Waals surface area (Å²) in [6.45, 7) is 6.54. The molecule has 0 spiro atoms. The van der Waals surface area contributed by atoms with Crippen molar-refractivity contribution in [1.82, 2.24) is 10.2 Å². The van der Waals surface area contributed by atoms with Gasteiger partial charge in [0.25, 0.3) is 5.91 Å². The molecule has 0 aliphatic carbocycles. The van der Waals surface area contributed by atoms with Crippen LogP contribution in [0.1, 0.15) is 32.8 Å². The molecule has 7 heteroatoms. The SMILES string of the molecule is CC[C@H](C(=O)NCC(C)C)N(Cc1ccc(Cl)cc1)C(=O)COc1ccccc1Cl. The molecule has 2 aromatic carbocycles. The van der Waals surface area contributed by atoms with Crippen LogP contribution in [0.25, 0.3) is 0 Å². The molecule has 1 atom stereocenters. The molecule has 5 nitrogen and oxygen atoms in total. The molecule has 0 saturated carbocycles. The Morgan fingerprint density at radius 1 is 1.07 bits per heavy atom. The van der Waals surface area contributed by atoms with Crippen LogP contribution >= 0.6 is 23.2 Å². The number of benzene rings is 2. The van der Waals surface area contributed by atoms with Gasteiger partial charge in [0.1, 0.15) is 11.8 Å². The van der Waals surface area contributed by atoms with Gasteiger partial charge in [-0.3, -0.25) is 9.59 Å². The monoisotopic (exact) mass is 450 g/mol. The molecule has 0 unspecified atom stereocenters. The summed E-state index contributed by atoms with van der Waals surface area (Å²) in [4.78, 5) is 27.5. The van der Waals surface area contributed by atoms with E-state index in [4.69, 9.17) is 27.9 Å². The topological polar surface area (TPSA) is 58.6 Å². The van der Waals surface area contributed by atoms with Crippen LogP contribution in [0.4, 0.5) is 0 Å². The molecule has 0 saturated heterocycles. The number of nitrogens with one attached hydrogen (secondary N) is 1. The van der Waals surface area contributed by atoms with Gasteiger partial charge in [-0.1, -0.05) is 68.2 Å². The molecular formula is C23H28Cl2N2O3. The Morgan fingerprint density at radius 2 is 1.73 bits per heavy atom. The first-order valence-corrected chi connectivity index (χ1v) is 10.8. The highest BCUT2D eigenvalue weighted by molar-refractivity contribution is 6.32. The summed E-state index contributed by atoms with van der Waals surface area (Å²) in [5, 5.41) is 3.97. The molecule has 2 rings (SSSR count). The van der Waals surface area contributed by atoms with E-state index in [1.807, 2.05) is 32.9 Å². The Hall–Kier alpha value is -2.24. The number of carbonyl (C=O) groups excluding carboxylic acids is 2. The lowest BCUT2D eigenvalue weighted by Crippen LogP contribution is -2.50. The van der Waals surface area contributed by atoms with Crippen LogP contribution in [0.5, 0.6) is 5.75 Å². The highest BCUT2D eigenvalue weighted by Crippen LogP contribution is 2.23. The van der Waals surface area contributed by atoms with Gasteiger partial charge in [0.2, 0.25) is 5.91 Å². The summed E-state index contributed by atoms with van der Waals surface area (Å²) in [6.07, 6.45) is 0.481. The molecule has 0 fully saturated rings. The van der Waals surface area contributed by atoms with Crippen molar-refractivity contribution in [2.75, 3.05) is 13.2 Å². The molecule has 162 valence electrons. The van der Waals surface area contributed by atoms with Crippen molar-refractivity contribution in [3.8, 4) is 5.75 Å². The molecular weight excluding hydrogens is 423 g/mol. The molecule has 0 radical (unpaired) electrons. The van der Waals surface area contributed by atoms with Gasteiger partial charge in [0, 0.05) is 18.1 Å². The standard InChI is InChI=1S/C23H28Cl2N2O3/c1-4-20(23(29)26-13-16(2)3)27(14-17-9-11-18(24)12-10-17)22(28)15-30-21-8-6-5-7-19(21)25/h5-12,16,20H,4,13-15H2,1-3H3,(H,26,29)/t20-/m1/s1. The van der Waals surface area contributed by atoms with Crippen molar-refractivity contribution < 1.29 is 14.3 Å². The summed E-state index contributed by atoms with van der Waals surface area (Å²) in [7, 11) is 0. The molecule has 2 amide bonds. The predicted octanol–water partition coefficient (Wildman–Crippen LogP) is 4.95. The molecule has 1 N–H and O–H groups in total. The van der Waals surface area contributed by atoms with E-state index in [-0.39, 0.29) is 25.0 Å². The lowest BCUT2D eigenvalue weighted by Gasteiger charge is -2.31. The van der Waals surface area contributed by atoms with Gasteiger partial charge in [-0.2, -0.15) is 0 Å². The maximum Gasteiger partial charge on any atom is 0.261 e. The predicted molar refractivity (Wildman–Crippen MR) is 121 cm³/mol. The van der Waals surface area contributed by atoms with Crippen molar-refractivity contribution in [3.63, 3.8) is 0 Å². The maximum atomic E-state index is 13.1. The minimum atomic E-state index is -0.609. The molecule has 0 aliphatic rings. The quantitative estimate of drug-likeness (QED) is 0.556. The number of nitrogens with zero attached hydrogens (tertiary/aromatic N) is 1. The Bertz CT molecular complexity index is 841. The number of rotatable bonds is 10. The fraction of sp³-hybridized carbons (Fsp3) is 0.391. The lowest BCUT2D eigenvalue weighted by molar-refractivity contribution is -0.143. The van der Waals surface area contributed by atoms with E-state index in [0.717, 1.165) is 5.56 Å². The van der Waals surface area contributed by atoms with E-state index >= 15 is 0 Å². The van der Waals surface area contributed by atoms with Gasteiger partial charge in [0.15, 0.2) is 6.61 Å². The number of ether oxygens (including phenoxy) is 1. The molecule has 30 heavy (non-hydrogen) atoms. The van der Waals surface area contributed by atoms with Crippen molar-refractivity contribution in [1.29, 1.82) is 0 Å². The van der Waals surface area contributed by atoms with Crippen molar-refractivity contribution >= 4 is 35.0 Å². The molecule has 0 aromatic heterocycles. The van der Waals surface area contributed by atoms with E-state index in [0.29, 0.717) is 34.7 Å². The lowest BCUT2D eigenvalue weighted by atomic mass is 10.1. The highest BCUT2D eigenvalue weighted by Gasteiger charge is 2.29. The Balaban J connectivity index is 2.19. The number of amides is 2. The Morgan fingerprint density at radius 3 is 2.33 bits per heavy atom. The summed E-state index contributed by atoms with van der Waals surface area (Å²) >= 11 is 12.1. The molecule has 0 heterocycles. The summed E-state index contributed by atoms with van der Waals surface area (Å²) in [6, 6.07) is 13.6.